The van der Waals surface area contributed by atoms with Gasteiger partial charge in [-0.15, -0.1) is 0 Å². The molecule has 118 valence electrons. The molecular weight excluding hydrogens is 306 g/mol. The third kappa shape index (κ3) is 2.21. The van der Waals surface area contributed by atoms with Crippen LogP contribution in [0.15, 0.2) is 91.1 Å². The molecule has 0 N–H and O–H groups in total. The summed E-state index contributed by atoms with van der Waals surface area (Å²) in [5, 5.41) is 2.40. The molecule has 0 radical (unpaired) electrons. The Labute approximate surface area is 145 Å². The number of pyridine rings is 1. The highest BCUT2D eigenvalue weighted by molar-refractivity contribution is 5.97. The molecule has 0 fully saturated rings. The van der Waals surface area contributed by atoms with E-state index in [1.54, 1.807) is 0 Å². The molecule has 25 heavy (non-hydrogen) atoms. The van der Waals surface area contributed by atoms with E-state index in [2.05, 4.69) is 64.1 Å². The van der Waals surface area contributed by atoms with Crippen LogP contribution in [0.3, 0.4) is 0 Å². The van der Waals surface area contributed by atoms with E-state index in [0.717, 1.165) is 28.2 Å². The molecule has 2 heterocycles. The van der Waals surface area contributed by atoms with Crippen molar-refractivity contribution < 1.29 is 0 Å². The number of rotatable bonds is 2. The largest absolute Gasteiger partial charge is 0.277 e. The highest BCUT2D eigenvalue weighted by atomic mass is 15.1. The van der Waals surface area contributed by atoms with Gasteiger partial charge in [-0.05, 0) is 35.0 Å². The average molecular weight is 321 g/mol. The smallest absolute Gasteiger partial charge is 0.164 e. The standard InChI is InChI=1S/C22H15N3/c1-2-10-17(11-3-1)25-21(24-20-14-7-15-23-22(20)25)19-13-6-9-16-8-4-5-12-18(16)19/h1-15H. The third-order valence-electron chi connectivity index (χ3n) is 4.46. The Hall–Kier alpha value is -3.46. The van der Waals surface area contributed by atoms with Gasteiger partial charge in [0.25, 0.3) is 0 Å². The van der Waals surface area contributed by atoms with Gasteiger partial charge in [-0.3, -0.25) is 4.57 Å². The first-order valence-corrected chi connectivity index (χ1v) is 8.29. The van der Waals surface area contributed by atoms with E-state index in [4.69, 9.17) is 4.98 Å². The summed E-state index contributed by atoms with van der Waals surface area (Å²) in [4.78, 5) is 9.49. The van der Waals surface area contributed by atoms with Gasteiger partial charge in [0.05, 0.1) is 0 Å². The highest BCUT2D eigenvalue weighted by Gasteiger charge is 2.16. The van der Waals surface area contributed by atoms with Crippen molar-refractivity contribution in [3.63, 3.8) is 0 Å². The Morgan fingerprint density at radius 1 is 0.680 bits per heavy atom. The second-order valence-electron chi connectivity index (χ2n) is 5.98. The van der Waals surface area contributed by atoms with E-state index >= 15 is 0 Å². The van der Waals surface area contributed by atoms with Crippen molar-refractivity contribution in [1.29, 1.82) is 0 Å². The Balaban J connectivity index is 1.91. The summed E-state index contributed by atoms with van der Waals surface area (Å²) < 4.78 is 2.14. The topological polar surface area (TPSA) is 30.7 Å². The maximum Gasteiger partial charge on any atom is 0.164 e. The molecule has 0 bridgehead atoms. The number of para-hydroxylation sites is 1. The summed E-state index contributed by atoms with van der Waals surface area (Å²) in [7, 11) is 0. The number of fused-ring (bicyclic) bond motifs is 2. The van der Waals surface area contributed by atoms with Gasteiger partial charge in [-0.1, -0.05) is 60.7 Å². The Morgan fingerprint density at radius 2 is 1.48 bits per heavy atom. The number of benzene rings is 3. The minimum Gasteiger partial charge on any atom is -0.277 e. The average Bonchev–Trinajstić information content (AvgIpc) is 3.07. The van der Waals surface area contributed by atoms with Crippen molar-refractivity contribution in [2.24, 2.45) is 0 Å². The molecule has 3 heteroatoms. The number of imidazole rings is 1. The van der Waals surface area contributed by atoms with Crippen LogP contribution in [0.5, 0.6) is 0 Å². The van der Waals surface area contributed by atoms with E-state index in [0.29, 0.717) is 0 Å². The fraction of sp³-hybridized carbons (Fsp3) is 0. The maximum atomic E-state index is 4.91. The maximum absolute atomic E-state index is 4.91. The highest BCUT2D eigenvalue weighted by Crippen LogP contribution is 2.32. The van der Waals surface area contributed by atoms with Crippen LogP contribution < -0.4 is 0 Å². The summed E-state index contributed by atoms with van der Waals surface area (Å²) in [6.07, 6.45) is 1.82. The third-order valence-corrected chi connectivity index (χ3v) is 4.46. The van der Waals surface area contributed by atoms with E-state index in [9.17, 15) is 0 Å². The number of aromatic nitrogens is 3. The molecule has 5 aromatic rings. The first kappa shape index (κ1) is 13.9. The molecule has 2 aromatic heterocycles. The minimum absolute atomic E-state index is 0.872. The first-order chi connectivity index (χ1) is 12.4. The summed E-state index contributed by atoms with van der Waals surface area (Å²) >= 11 is 0. The monoisotopic (exact) mass is 321 g/mol. The first-order valence-electron chi connectivity index (χ1n) is 8.29. The molecule has 0 saturated heterocycles. The van der Waals surface area contributed by atoms with Crippen molar-refractivity contribution in [2.75, 3.05) is 0 Å². The molecule has 0 amide bonds. The van der Waals surface area contributed by atoms with Crippen LogP contribution in [0.25, 0.3) is 39.0 Å². The zero-order valence-electron chi connectivity index (χ0n) is 13.5. The van der Waals surface area contributed by atoms with Gasteiger partial charge in [0.1, 0.15) is 11.3 Å². The van der Waals surface area contributed by atoms with Gasteiger partial charge in [0.2, 0.25) is 0 Å². The lowest BCUT2D eigenvalue weighted by atomic mass is 10.0. The molecule has 0 aliphatic carbocycles. The summed E-state index contributed by atoms with van der Waals surface area (Å²) in [5.74, 6) is 0.914. The van der Waals surface area contributed by atoms with E-state index in [1.807, 2.05) is 36.5 Å². The van der Waals surface area contributed by atoms with Gasteiger partial charge < -0.3 is 0 Å². The number of nitrogens with zero attached hydrogens (tertiary/aromatic N) is 3. The lowest BCUT2D eigenvalue weighted by Gasteiger charge is -2.10. The van der Waals surface area contributed by atoms with Crippen LogP contribution in [0.1, 0.15) is 0 Å². The van der Waals surface area contributed by atoms with Crippen molar-refractivity contribution in [2.45, 2.75) is 0 Å². The lowest BCUT2D eigenvalue weighted by molar-refractivity contribution is 1.08. The van der Waals surface area contributed by atoms with Crippen LogP contribution in [-0.4, -0.2) is 14.5 Å². The molecule has 0 saturated carbocycles. The van der Waals surface area contributed by atoms with E-state index in [1.165, 1.54) is 10.8 Å². The molecule has 0 atom stereocenters. The molecule has 0 spiro atoms. The second kappa shape index (κ2) is 5.56. The molecule has 5 rings (SSSR count). The second-order valence-corrected chi connectivity index (χ2v) is 5.98. The number of hydrogen-bond acceptors (Lipinski definition) is 2. The molecular formula is C22H15N3. The zero-order chi connectivity index (χ0) is 16.6. The molecule has 0 unspecified atom stereocenters. The summed E-state index contributed by atoms with van der Waals surface area (Å²) in [6, 6.07) is 29.0. The molecule has 3 nitrogen and oxygen atoms in total. The predicted octanol–water partition coefficient (Wildman–Crippen LogP) is 5.24. The number of hydrogen-bond donors (Lipinski definition) is 0. The SMILES string of the molecule is c1ccc(-n2c(-c3cccc4ccccc34)nc3cccnc32)cc1. The van der Waals surface area contributed by atoms with Gasteiger partial charge in [-0.25, -0.2) is 9.97 Å². The van der Waals surface area contributed by atoms with E-state index < -0.39 is 0 Å². The molecule has 3 aromatic carbocycles. The lowest BCUT2D eigenvalue weighted by Crippen LogP contribution is -1.98. The fourth-order valence-electron chi connectivity index (χ4n) is 3.34. The fourth-order valence-corrected chi connectivity index (χ4v) is 3.34. The Kier molecular flexibility index (Phi) is 3.10. The molecule has 0 aliphatic rings. The van der Waals surface area contributed by atoms with Gasteiger partial charge >= 0.3 is 0 Å². The normalized spacial score (nSPS) is 11.2. The van der Waals surface area contributed by atoms with Crippen molar-refractivity contribution in [3.05, 3.63) is 91.1 Å². The zero-order valence-corrected chi connectivity index (χ0v) is 13.5. The quantitative estimate of drug-likeness (QED) is 0.445. The van der Waals surface area contributed by atoms with Crippen molar-refractivity contribution >= 4 is 21.9 Å². The van der Waals surface area contributed by atoms with Crippen LogP contribution >= 0.6 is 0 Å². The Morgan fingerprint density at radius 3 is 2.40 bits per heavy atom. The van der Waals surface area contributed by atoms with E-state index in [-0.39, 0.29) is 0 Å². The van der Waals surface area contributed by atoms with Crippen LogP contribution in [0.4, 0.5) is 0 Å². The summed E-state index contributed by atoms with van der Waals surface area (Å²) in [6.45, 7) is 0. The van der Waals surface area contributed by atoms with Crippen LogP contribution in [0, 0.1) is 0 Å². The minimum atomic E-state index is 0.872. The van der Waals surface area contributed by atoms with Gasteiger partial charge in [0.15, 0.2) is 5.65 Å². The van der Waals surface area contributed by atoms with Gasteiger partial charge in [-0.2, -0.15) is 0 Å². The van der Waals surface area contributed by atoms with Crippen LogP contribution in [-0.2, 0) is 0 Å². The van der Waals surface area contributed by atoms with Crippen LogP contribution in [0.2, 0.25) is 0 Å². The van der Waals surface area contributed by atoms with Gasteiger partial charge in [0, 0.05) is 17.4 Å². The summed E-state index contributed by atoms with van der Waals surface area (Å²) in [5.41, 5.74) is 3.94. The van der Waals surface area contributed by atoms with Crippen molar-refractivity contribution in [3.8, 4) is 17.1 Å². The van der Waals surface area contributed by atoms with Crippen molar-refractivity contribution in [1.82, 2.24) is 14.5 Å². The Bertz CT molecular complexity index is 1180. The molecule has 0 aliphatic heterocycles. The predicted molar refractivity (Wildman–Crippen MR) is 102 cm³/mol.